The predicted octanol–water partition coefficient (Wildman–Crippen LogP) is 3.00. The Balaban J connectivity index is 2.06. The van der Waals surface area contributed by atoms with E-state index in [4.69, 9.17) is 18.9 Å². The Morgan fingerprint density at radius 3 is 2.12 bits per heavy atom. The number of hydrogen-bond donors (Lipinski definition) is 1. The van der Waals surface area contributed by atoms with Crippen LogP contribution in [0.5, 0.6) is 17.2 Å². The fourth-order valence-electron chi connectivity index (χ4n) is 3.18. The fourth-order valence-corrected chi connectivity index (χ4v) is 3.18. The maximum atomic E-state index is 13.0. The van der Waals surface area contributed by atoms with Gasteiger partial charge in [0.25, 0.3) is 11.5 Å². The summed E-state index contributed by atoms with van der Waals surface area (Å²) in [4.78, 5) is 38.4. The van der Waals surface area contributed by atoms with Gasteiger partial charge in [0.05, 0.1) is 39.3 Å². The van der Waals surface area contributed by atoms with E-state index in [2.05, 4.69) is 10.4 Å². The van der Waals surface area contributed by atoms with Crippen molar-refractivity contribution in [1.82, 2.24) is 9.78 Å². The van der Waals surface area contributed by atoms with Crippen LogP contribution in [0.25, 0.3) is 5.69 Å². The van der Waals surface area contributed by atoms with Gasteiger partial charge in [0.15, 0.2) is 17.2 Å². The van der Waals surface area contributed by atoms with E-state index in [-0.39, 0.29) is 35.1 Å². The van der Waals surface area contributed by atoms with Crippen LogP contribution in [0.1, 0.15) is 33.3 Å². The highest BCUT2D eigenvalue weighted by molar-refractivity contribution is 6.08. The molecule has 0 radical (unpaired) electrons. The van der Waals surface area contributed by atoms with Crippen LogP contribution in [0.15, 0.2) is 47.3 Å². The number of amides is 1. The number of esters is 1. The molecule has 0 saturated heterocycles. The maximum absolute atomic E-state index is 13.0. The van der Waals surface area contributed by atoms with Crippen LogP contribution in [0.3, 0.4) is 0 Å². The number of carbonyl (C=O) groups excluding carboxylic acids is 2. The molecule has 0 spiro atoms. The van der Waals surface area contributed by atoms with E-state index < -0.39 is 17.4 Å². The van der Waals surface area contributed by atoms with Crippen LogP contribution < -0.4 is 25.1 Å². The van der Waals surface area contributed by atoms with Crippen molar-refractivity contribution < 1.29 is 28.5 Å². The topological polar surface area (TPSA) is 118 Å². The highest BCUT2D eigenvalue weighted by Gasteiger charge is 2.22. The number of hydrogen-bond acceptors (Lipinski definition) is 8. The molecule has 2 aromatic carbocycles. The van der Waals surface area contributed by atoms with Crippen LogP contribution in [0.4, 0.5) is 5.69 Å². The number of ether oxygens (including phenoxy) is 4. The molecule has 1 amide bonds. The zero-order valence-corrected chi connectivity index (χ0v) is 19.5. The Morgan fingerprint density at radius 2 is 1.59 bits per heavy atom. The van der Waals surface area contributed by atoms with E-state index in [1.54, 1.807) is 19.1 Å². The smallest absolute Gasteiger partial charge is 0.360 e. The van der Waals surface area contributed by atoms with Crippen molar-refractivity contribution in [2.45, 2.75) is 13.8 Å². The zero-order valence-electron chi connectivity index (χ0n) is 19.5. The van der Waals surface area contributed by atoms with Crippen LogP contribution in [-0.4, -0.2) is 49.6 Å². The molecule has 178 valence electrons. The first-order valence-corrected chi connectivity index (χ1v) is 10.3. The monoisotopic (exact) mass is 467 g/mol. The largest absolute Gasteiger partial charge is 0.493 e. The summed E-state index contributed by atoms with van der Waals surface area (Å²) >= 11 is 0. The average molecular weight is 467 g/mol. The Bertz CT molecular complexity index is 1240. The van der Waals surface area contributed by atoms with Gasteiger partial charge in [0.1, 0.15) is 0 Å². The van der Waals surface area contributed by atoms with Crippen molar-refractivity contribution in [3.05, 3.63) is 69.6 Å². The summed E-state index contributed by atoms with van der Waals surface area (Å²) in [5.74, 6) is -0.560. The van der Waals surface area contributed by atoms with Crippen molar-refractivity contribution in [2.75, 3.05) is 33.3 Å². The molecule has 0 aliphatic heterocycles. The molecule has 0 saturated carbocycles. The lowest BCUT2D eigenvalue weighted by Gasteiger charge is -2.15. The highest BCUT2D eigenvalue weighted by Crippen LogP contribution is 2.38. The van der Waals surface area contributed by atoms with Crippen LogP contribution in [-0.2, 0) is 4.74 Å². The third kappa shape index (κ3) is 5.01. The number of benzene rings is 2. The summed E-state index contributed by atoms with van der Waals surface area (Å²) in [6.07, 6.45) is 0. The van der Waals surface area contributed by atoms with E-state index in [9.17, 15) is 14.4 Å². The van der Waals surface area contributed by atoms with E-state index >= 15 is 0 Å². The van der Waals surface area contributed by atoms with Crippen LogP contribution >= 0.6 is 0 Å². The number of nitrogens with zero attached hydrogens (tertiary/aromatic N) is 2. The summed E-state index contributed by atoms with van der Waals surface area (Å²) in [7, 11) is 4.29. The van der Waals surface area contributed by atoms with Gasteiger partial charge in [-0.2, -0.15) is 9.78 Å². The van der Waals surface area contributed by atoms with Crippen molar-refractivity contribution in [1.29, 1.82) is 0 Å². The van der Waals surface area contributed by atoms with Gasteiger partial charge in [0, 0.05) is 11.6 Å². The normalized spacial score (nSPS) is 10.4. The van der Waals surface area contributed by atoms with Gasteiger partial charge >= 0.3 is 5.97 Å². The first-order chi connectivity index (χ1) is 16.3. The number of aromatic nitrogens is 2. The maximum Gasteiger partial charge on any atom is 0.360 e. The number of anilines is 1. The minimum Gasteiger partial charge on any atom is -0.493 e. The van der Waals surface area contributed by atoms with Crippen molar-refractivity contribution in [3.8, 4) is 22.9 Å². The Kier molecular flexibility index (Phi) is 7.52. The minimum atomic E-state index is -0.788. The molecular formula is C24H25N3O7. The molecule has 1 N–H and O–H groups in total. The quantitative estimate of drug-likeness (QED) is 0.503. The first kappa shape index (κ1) is 24.3. The molecule has 3 rings (SSSR count). The molecule has 0 unspecified atom stereocenters. The Labute approximate surface area is 196 Å². The Hall–Kier alpha value is -4.34. The molecule has 0 aliphatic carbocycles. The van der Waals surface area contributed by atoms with Gasteiger partial charge in [-0.15, -0.1) is 0 Å². The molecule has 10 heteroatoms. The lowest BCUT2D eigenvalue weighted by Crippen LogP contribution is -2.27. The molecule has 1 aromatic heterocycles. The van der Waals surface area contributed by atoms with E-state index in [1.165, 1.54) is 33.5 Å². The lowest BCUT2D eigenvalue weighted by molar-refractivity contribution is 0.0518. The van der Waals surface area contributed by atoms with Gasteiger partial charge in [-0.05, 0) is 38.1 Å². The molecule has 1 heterocycles. The van der Waals surface area contributed by atoms with Gasteiger partial charge in [-0.1, -0.05) is 17.7 Å². The van der Waals surface area contributed by atoms with Gasteiger partial charge in [-0.25, -0.2) is 4.79 Å². The minimum absolute atomic E-state index is 0.0877. The standard InChI is InChI=1S/C24H25N3O7/c1-6-34-24(30)21-17(13-20(28)27(26-21)16-9-7-14(2)8-10-16)25-23(29)15-11-18(31-3)22(33-5)19(12-15)32-4/h7-13H,6H2,1-5H3,(H,25,29). The second-order valence-corrected chi connectivity index (χ2v) is 7.08. The molecule has 10 nitrogen and oxygen atoms in total. The summed E-state index contributed by atoms with van der Waals surface area (Å²) in [5.41, 5.74) is 0.748. The third-order valence-electron chi connectivity index (χ3n) is 4.85. The van der Waals surface area contributed by atoms with E-state index in [1.807, 2.05) is 19.1 Å². The third-order valence-corrected chi connectivity index (χ3v) is 4.85. The number of nitrogens with one attached hydrogen (secondary N) is 1. The number of rotatable bonds is 8. The molecule has 0 bridgehead atoms. The molecule has 0 atom stereocenters. The van der Waals surface area contributed by atoms with Crippen molar-refractivity contribution in [3.63, 3.8) is 0 Å². The predicted molar refractivity (Wildman–Crippen MR) is 125 cm³/mol. The number of aryl methyl sites for hydroxylation is 1. The molecule has 3 aromatic rings. The molecule has 34 heavy (non-hydrogen) atoms. The van der Waals surface area contributed by atoms with Crippen LogP contribution in [0.2, 0.25) is 0 Å². The fraction of sp³-hybridized carbons (Fsp3) is 0.250. The molecular weight excluding hydrogens is 442 g/mol. The SMILES string of the molecule is CCOC(=O)c1nn(-c2ccc(C)cc2)c(=O)cc1NC(=O)c1cc(OC)c(OC)c(OC)c1. The first-order valence-electron chi connectivity index (χ1n) is 10.3. The average Bonchev–Trinajstić information content (AvgIpc) is 2.83. The van der Waals surface area contributed by atoms with Crippen molar-refractivity contribution >= 4 is 17.6 Å². The zero-order chi connectivity index (χ0) is 24.8. The highest BCUT2D eigenvalue weighted by atomic mass is 16.5. The molecule has 0 aliphatic rings. The number of methoxy groups -OCH3 is 3. The number of carbonyl (C=O) groups is 2. The van der Waals surface area contributed by atoms with Crippen molar-refractivity contribution in [2.24, 2.45) is 0 Å². The van der Waals surface area contributed by atoms with E-state index in [0.29, 0.717) is 11.4 Å². The van der Waals surface area contributed by atoms with Crippen LogP contribution in [0, 0.1) is 6.92 Å². The van der Waals surface area contributed by atoms with Gasteiger partial charge < -0.3 is 24.3 Å². The summed E-state index contributed by atoms with van der Waals surface area (Å²) in [6, 6.07) is 11.0. The second-order valence-electron chi connectivity index (χ2n) is 7.08. The summed E-state index contributed by atoms with van der Waals surface area (Å²) in [5, 5.41) is 6.75. The van der Waals surface area contributed by atoms with Gasteiger partial charge in [-0.3, -0.25) is 9.59 Å². The lowest BCUT2D eigenvalue weighted by atomic mass is 10.1. The molecule has 0 fully saturated rings. The van der Waals surface area contributed by atoms with Gasteiger partial charge in [0.2, 0.25) is 5.75 Å². The van der Waals surface area contributed by atoms with E-state index in [0.717, 1.165) is 16.3 Å². The summed E-state index contributed by atoms with van der Waals surface area (Å²) in [6.45, 7) is 3.64. The Morgan fingerprint density at radius 1 is 0.971 bits per heavy atom. The second kappa shape index (κ2) is 10.5. The summed E-state index contributed by atoms with van der Waals surface area (Å²) < 4.78 is 22.0.